The Bertz CT molecular complexity index is 192. The first-order valence-corrected chi connectivity index (χ1v) is 3.94. The number of nitrogens with one attached hydrogen (secondary N) is 1. The van der Waals surface area contributed by atoms with Crippen LogP contribution in [-0.2, 0) is 4.79 Å². The summed E-state index contributed by atoms with van der Waals surface area (Å²) in [5.74, 6) is 3.13. The van der Waals surface area contributed by atoms with E-state index in [1.54, 1.807) is 0 Å². The fourth-order valence-corrected chi connectivity index (χ4v) is 1.43. The molecule has 0 bridgehead atoms. The number of hydrogen-bond acceptors (Lipinski definition) is 2. The minimum Gasteiger partial charge on any atom is -0.316 e. The van der Waals surface area contributed by atoms with Gasteiger partial charge in [-0.1, -0.05) is 6.92 Å². The van der Waals surface area contributed by atoms with Gasteiger partial charge in [-0.25, -0.2) is 0 Å². The van der Waals surface area contributed by atoms with Crippen LogP contribution >= 0.6 is 0 Å². The van der Waals surface area contributed by atoms with E-state index in [0.717, 1.165) is 13.1 Å². The quantitative estimate of drug-likeness (QED) is 0.458. The lowest BCUT2D eigenvalue weighted by Crippen LogP contribution is -2.13. The largest absolute Gasteiger partial charge is 0.316 e. The van der Waals surface area contributed by atoms with Crippen molar-refractivity contribution >= 4 is 5.78 Å². The minimum atomic E-state index is -0.0643. The van der Waals surface area contributed by atoms with E-state index in [-0.39, 0.29) is 5.78 Å². The lowest BCUT2D eigenvalue weighted by Gasteiger charge is -2.09. The number of terminal acetylenes is 1. The highest BCUT2D eigenvalue weighted by Crippen LogP contribution is 2.19. The molecule has 0 saturated carbocycles. The summed E-state index contributed by atoms with van der Waals surface area (Å²) in [7, 11) is 0. The standard InChI is InChI=1S/C9H13NO/c1-3-9(11)4-8-6-10-5-7(8)2/h1,7-8,10H,4-6H2,2H3/t7-,8-/m1/s1. The van der Waals surface area contributed by atoms with E-state index in [4.69, 9.17) is 6.42 Å². The SMILES string of the molecule is C#CC(=O)C[C@@H]1CNC[C@H]1C. The molecule has 0 spiro atoms. The second-order valence-electron chi connectivity index (χ2n) is 3.17. The summed E-state index contributed by atoms with van der Waals surface area (Å²) in [6, 6.07) is 0. The Kier molecular flexibility index (Phi) is 2.67. The summed E-state index contributed by atoms with van der Waals surface area (Å²) in [6.45, 7) is 4.10. The van der Waals surface area contributed by atoms with Gasteiger partial charge in [0.25, 0.3) is 0 Å². The van der Waals surface area contributed by atoms with Crippen molar-refractivity contribution in [3.8, 4) is 12.3 Å². The van der Waals surface area contributed by atoms with Crippen molar-refractivity contribution in [3.63, 3.8) is 0 Å². The minimum absolute atomic E-state index is 0.0643. The number of carbonyl (C=O) groups is 1. The summed E-state index contributed by atoms with van der Waals surface area (Å²) in [6.07, 6.45) is 5.52. The van der Waals surface area contributed by atoms with Crippen LogP contribution < -0.4 is 5.32 Å². The van der Waals surface area contributed by atoms with Gasteiger partial charge in [-0.15, -0.1) is 6.42 Å². The number of ketones is 1. The van der Waals surface area contributed by atoms with Crippen LogP contribution in [0, 0.1) is 24.2 Å². The maximum absolute atomic E-state index is 10.8. The molecule has 1 saturated heterocycles. The van der Waals surface area contributed by atoms with Crippen LogP contribution in [-0.4, -0.2) is 18.9 Å². The molecule has 2 atom stereocenters. The summed E-state index contributed by atoms with van der Waals surface area (Å²) in [5, 5.41) is 3.23. The van der Waals surface area contributed by atoms with E-state index < -0.39 is 0 Å². The van der Waals surface area contributed by atoms with Crippen molar-refractivity contribution in [3.05, 3.63) is 0 Å². The Morgan fingerprint density at radius 3 is 2.91 bits per heavy atom. The van der Waals surface area contributed by atoms with E-state index in [0.29, 0.717) is 18.3 Å². The first-order chi connectivity index (χ1) is 5.24. The molecule has 0 radical (unpaired) electrons. The molecule has 0 unspecified atom stereocenters. The van der Waals surface area contributed by atoms with Crippen LogP contribution in [0.3, 0.4) is 0 Å². The number of hydrogen-bond donors (Lipinski definition) is 1. The molecule has 1 aliphatic rings. The van der Waals surface area contributed by atoms with Crippen molar-refractivity contribution in [2.75, 3.05) is 13.1 Å². The monoisotopic (exact) mass is 151 g/mol. The summed E-state index contributed by atoms with van der Waals surface area (Å²) in [4.78, 5) is 10.8. The average Bonchev–Trinajstić information content (AvgIpc) is 2.37. The van der Waals surface area contributed by atoms with Gasteiger partial charge in [-0.2, -0.15) is 0 Å². The Morgan fingerprint density at radius 2 is 2.45 bits per heavy atom. The molecular formula is C9H13NO. The second kappa shape index (κ2) is 3.54. The third-order valence-corrected chi connectivity index (χ3v) is 2.29. The molecule has 0 aromatic rings. The van der Waals surface area contributed by atoms with Crippen LogP contribution in [0.25, 0.3) is 0 Å². The van der Waals surface area contributed by atoms with Crippen molar-refractivity contribution in [2.24, 2.45) is 11.8 Å². The van der Waals surface area contributed by atoms with Gasteiger partial charge in [0.2, 0.25) is 5.78 Å². The maximum atomic E-state index is 10.8. The molecule has 0 aromatic carbocycles. The zero-order chi connectivity index (χ0) is 8.27. The van der Waals surface area contributed by atoms with Crippen LogP contribution in [0.5, 0.6) is 0 Å². The zero-order valence-corrected chi connectivity index (χ0v) is 6.76. The number of rotatable bonds is 2. The van der Waals surface area contributed by atoms with Gasteiger partial charge < -0.3 is 5.32 Å². The Hall–Kier alpha value is -0.810. The van der Waals surface area contributed by atoms with Crippen molar-refractivity contribution in [1.82, 2.24) is 5.32 Å². The van der Waals surface area contributed by atoms with Gasteiger partial charge >= 0.3 is 0 Å². The first-order valence-electron chi connectivity index (χ1n) is 3.94. The van der Waals surface area contributed by atoms with Crippen molar-refractivity contribution < 1.29 is 4.79 Å². The topological polar surface area (TPSA) is 29.1 Å². The second-order valence-corrected chi connectivity index (χ2v) is 3.17. The van der Waals surface area contributed by atoms with Crippen LogP contribution in [0.1, 0.15) is 13.3 Å². The van der Waals surface area contributed by atoms with E-state index >= 15 is 0 Å². The van der Waals surface area contributed by atoms with Crippen molar-refractivity contribution in [2.45, 2.75) is 13.3 Å². The molecule has 1 N–H and O–H groups in total. The lowest BCUT2D eigenvalue weighted by atomic mass is 9.93. The Morgan fingerprint density at radius 1 is 1.73 bits per heavy atom. The molecule has 2 nitrogen and oxygen atoms in total. The molecule has 0 aliphatic carbocycles. The van der Waals surface area contributed by atoms with Crippen LogP contribution in [0.15, 0.2) is 0 Å². The highest BCUT2D eigenvalue weighted by Gasteiger charge is 2.24. The molecule has 1 aliphatic heterocycles. The molecule has 60 valence electrons. The van der Waals surface area contributed by atoms with E-state index in [1.165, 1.54) is 0 Å². The fourth-order valence-electron chi connectivity index (χ4n) is 1.43. The van der Waals surface area contributed by atoms with Gasteiger partial charge in [0.1, 0.15) is 0 Å². The van der Waals surface area contributed by atoms with Crippen LogP contribution in [0.4, 0.5) is 0 Å². The molecular weight excluding hydrogens is 138 g/mol. The van der Waals surface area contributed by atoms with Crippen LogP contribution in [0.2, 0.25) is 0 Å². The van der Waals surface area contributed by atoms with Crippen molar-refractivity contribution in [1.29, 1.82) is 0 Å². The molecule has 2 heteroatoms. The molecule has 1 heterocycles. The number of carbonyl (C=O) groups excluding carboxylic acids is 1. The molecule has 11 heavy (non-hydrogen) atoms. The van der Waals surface area contributed by atoms with E-state index in [9.17, 15) is 4.79 Å². The predicted octanol–water partition coefficient (Wildman–Crippen LogP) is 0.434. The summed E-state index contributed by atoms with van der Waals surface area (Å²) < 4.78 is 0. The molecule has 1 rings (SSSR count). The molecule has 0 amide bonds. The van der Waals surface area contributed by atoms with Gasteiger partial charge in [0, 0.05) is 6.42 Å². The fraction of sp³-hybridized carbons (Fsp3) is 0.667. The summed E-state index contributed by atoms with van der Waals surface area (Å²) >= 11 is 0. The highest BCUT2D eigenvalue weighted by atomic mass is 16.1. The lowest BCUT2D eigenvalue weighted by molar-refractivity contribution is -0.114. The average molecular weight is 151 g/mol. The zero-order valence-electron chi connectivity index (χ0n) is 6.76. The molecule has 1 fully saturated rings. The maximum Gasteiger partial charge on any atom is 0.205 e. The van der Waals surface area contributed by atoms with Gasteiger partial charge in [0.05, 0.1) is 0 Å². The Balaban J connectivity index is 2.38. The Labute approximate surface area is 67.4 Å². The summed E-state index contributed by atoms with van der Waals surface area (Å²) in [5.41, 5.74) is 0. The van der Waals surface area contributed by atoms with E-state index in [1.807, 2.05) is 0 Å². The first kappa shape index (κ1) is 8.29. The van der Waals surface area contributed by atoms with Gasteiger partial charge in [0.15, 0.2) is 0 Å². The third-order valence-electron chi connectivity index (χ3n) is 2.29. The molecule has 0 aromatic heterocycles. The third kappa shape index (κ3) is 2.06. The highest BCUT2D eigenvalue weighted by molar-refractivity contribution is 5.94. The van der Waals surface area contributed by atoms with Gasteiger partial charge in [-0.3, -0.25) is 4.79 Å². The predicted molar refractivity (Wildman–Crippen MR) is 44.0 cm³/mol. The van der Waals surface area contributed by atoms with E-state index in [2.05, 4.69) is 18.2 Å². The number of Topliss-reactive ketones (excluding diaryl/α,β-unsaturated/α-hetero) is 1. The normalized spacial score (nSPS) is 29.8. The van der Waals surface area contributed by atoms with Gasteiger partial charge in [-0.05, 0) is 30.8 Å². The smallest absolute Gasteiger partial charge is 0.205 e.